The fourth-order valence-electron chi connectivity index (χ4n) is 2.19. The minimum Gasteiger partial charge on any atom is -0.351 e. The largest absolute Gasteiger partial charge is 0.351 e. The Morgan fingerprint density at radius 2 is 1.75 bits per heavy atom. The maximum atomic E-state index is 11.9. The number of nitrogens with one attached hydrogen (secondary N) is 1. The number of carbonyl (C=O) groups is 1. The van der Waals surface area contributed by atoms with E-state index in [1.54, 1.807) is 24.9 Å². The molecule has 0 fully saturated rings. The van der Waals surface area contributed by atoms with Crippen LogP contribution in [0.3, 0.4) is 0 Å². The van der Waals surface area contributed by atoms with Crippen molar-refractivity contribution in [1.82, 2.24) is 19.9 Å². The molecule has 2 heterocycles. The van der Waals surface area contributed by atoms with E-state index in [0.29, 0.717) is 12.3 Å². The summed E-state index contributed by atoms with van der Waals surface area (Å²) in [4.78, 5) is 20.9. The van der Waals surface area contributed by atoms with Crippen LogP contribution in [-0.2, 0) is 17.9 Å². The number of amides is 1. The summed E-state index contributed by atoms with van der Waals surface area (Å²) in [6.07, 6.45) is 8.97. The maximum absolute atomic E-state index is 11.9. The molecule has 0 saturated carbocycles. The van der Waals surface area contributed by atoms with E-state index in [1.807, 2.05) is 35.0 Å². The molecule has 0 aliphatic carbocycles. The quantitative estimate of drug-likeness (QED) is 0.673. The summed E-state index contributed by atoms with van der Waals surface area (Å²) < 4.78 is 2.02. The lowest BCUT2D eigenvalue weighted by atomic mass is 10.1. The Labute approximate surface area is 145 Å². The van der Waals surface area contributed by atoms with Gasteiger partial charge in [0.15, 0.2) is 0 Å². The Kier molecular flexibility index (Phi) is 5.63. The van der Waals surface area contributed by atoms with Gasteiger partial charge in [0.05, 0.1) is 12.1 Å². The van der Waals surface area contributed by atoms with E-state index < -0.39 is 0 Å². The van der Waals surface area contributed by atoms with Crippen molar-refractivity contribution in [3.8, 4) is 0 Å². The molecule has 2 aromatic heterocycles. The fourth-order valence-corrected chi connectivity index (χ4v) is 2.90. The van der Waals surface area contributed by atoms with Crippen LogP contribution in [0.15, 0.2) is 72.4 Å². The van der Waals surface area contributed by atoms with Gasteiger partial charge >= 0.3 is 0 Å². The van der Waals surface area contributed by atoms with Crippen LogP contribution in [0.2, 0.25) is 0 Å². The Hall–Kier alpha value is -2.60. The molecule has 0 aliphatic heterocycles. The number of nitrogens with zero attached hydrogens (tertiary/aromatic N) is 3. The van der Waals surface area contributed by atoms with E-state index in [4.69, 9.17) is 0 Å². The monoisotopic (exact) mass is 338 g/mol. The van der Waals surface area contributed by atoms with Crippen molar-refractivity contribution in [3.63, 3.8) is 0 Å². The smallest absolute Gasteiger partial charge is 0.230 e. The first-order valence-electron chi connectivity index (χ1n) is 7.63. The van der Waals surface area contributed by atoms with Gasteiger partial charge in [-0.2, -0.15) is 0 Å². The lowest BCUT2D eigenvalue weighted by Crippen LogP contribution is -2.24. The summed E-state index contributed by atoms with van der Waals surface area (Å²) in [6.45, 7) is 1.34. The molecule has 0 unspecified atom stereocenters. The topological polar surface area (TPSA) is 59.8 Å². The van der Waals surface area contributed by atoms with Gasteiger partial charge < -0.3 is 9.88 Å². The summed E-state index contributed by atoms with van der Waals surface area (Å²) in [7, 11) is 0. The van der Waals surface area contributed by atoms with Gasteiger partial charge in [-0.1, -0.05) is 24.3 Å². The SMILES string of the molecule is O=C(CSc1ccncc1)NCc1ccc(Cn2ccnc2)cc1. The summed E-state index contributed by atoms with van der Waals surface area (Å²) in [5.41, 5.74) is 2.29. The molecule has 0 saturated heterocycles. The molecule has 6 heteroatoms. The summed E-state index contributed by atoms with van der Waals surface area (Å²) in [5, 5.41) is 2.94. The predicted molar refractivity (Wildman–Crippen MR) is 94.6 cm³/mol. The number of thioether (sulfide) groups is 1. The van der Waals surface area contributed by atoms with Crippen LogP contribution in [0.5, 0.6) is 0 Å². The van der Waals surface area contributed by atoms with Crippen LogP contribution in [0.25, 0.3) is 0 Å². The zero-order valence-electron chi connectivity index (χ0n) is 13.1. The molecule has 1 amide bonds. The highest BCUT2D eigenvalue weighted by Crippen LogP contribution is 2.15. The van der Waals surface area contributed by atoms with Gasteiger partial charge in [0.25, 0.3) is 0 Å². The number of aromatic nitrogens is 3. The van der Waals surface area contributed by atoms with Crippen LogP contribution in [0.4, 0.5) is 0 Å². The van der Waals surface area contributed by atoms with E-state index in [1.165, 1.54) is 17.3 Å². The molecule has 0 atom stereocenters. The minimum absolute atomic E-state index is 0.0271. The van der Waals surface area contributed by atoms with Crippen molar-refractivity contribution in [2.24, 2.45) is 0 Å². The molecule has 0 bridgehead atoms. The average molecular weight is 338 g/mol. The average Bonchev–Trinajstić information content (AvgIpc) is 3.13. The van der Waals surface area contributed by atoms with Gasteiger partial charge in [-0.3, -0.25) is 9.78 Å². The number of pyridine rings is 1. The molecule has 24 heavy (non-hydrogen) atoms. The highest BCUT2D eigenvalue weighted by atomic mass is 32.2. The van der Waals surface area contributed by atoms with Crippen molar-refractivity contribution < 1.29 is 4.79 Å². The second kappa shape index (κ2) is 8.31. The number of benzene rings is 1. The second-order valence-corrected chi connectivity index (χ2v) is 6.35. The van der Waals surface area contributed by atoms with Gasteiger partial charge in [0.1, 0.15) is 0 Å². The van der Waals surface area contributed by atoms with Crippen LogP contribution in [-0.4, -0.2) is 26.2 Å². The molecule has 0 spiro atoms. The molecular weight excluding hydrogens is 320 g/mol. The van der Waals surface area contributed by atoms with Gasteiger partial charge in [0, 0.05) is 42.8 Å². The summed E-state index contributed by atoms with van der Waals surface area (Å²) in [6, 6.07) is 12.0. The van der Waals surface area contributed by atoms with Crippen molar-refractivity contribution in [1.29, 1.82) is 0 Å². The van der Waals surface area contributed by atoms with E-state index >= 15 is 0 Å². The lowest BCUT2D eigenvalue weighted by Gasteiger charge is -2.07. The normalized spacial score (nSPS) is 10.5. The van der Waals surface area contributed by atoms with Gasteiger partial charge in [-0.25, -0.2) is 4.98 Å². The Morgan fingerprint density at radius 3 is 2.46 bits per heavy atom. The molecule has 3 aromatic rings. The second-order valence-electron chi connectivity index (χ2n) is 5.30. The van der Waals surface area contributed by atoms with Crippen molar-refractivity contribution in [3.05, 3.63) is 78.6 Å². The van der Waals surface area contributed by atoms with E-state index in [0.717, 1.165) is 17.0 Å². The Bertz CT molecular complexity index is 757. The van der Waals surface area contributed by atoms with Crippen molar-refractivity contribution >= 4 is 17.7 Å². The zero-order valence-corrected chi connectivity index (χ0v) is 13.9. The lowest BCUT2D eigenvalue weighted by molar-refractivity contribution is -0.118. The highest BCUT2D eigenvalue weighted by Gasteiger charge is 2.03. The molecule has 0 radical (unpaired) electrons. The maximum Gasteiger partial charge on any atom is 0.230 e. The number of imidazole rings is 1. The molecular formula is C18H18N4OS. The number of rotatable bonds is 7. The molecule has 1 N–H and O–H groups in total. The van der Waals surface area contributed by atoms with Crippen LogP contribution in [0, 0.1) is 0 Å². The first kappa shape index (κ1) is 16.3. The van der Waals surface area contributed by atoms with Crippen molar-refractivity contribution in [2.45, 2.75) is 18.0 Å². The van der Waals surface area contributed by atoms with Gasteiger partial charge in [0.2, 0.25) is 5.91 Å². The third kappa shape index (κ3) is 4.96. The first-order valence-corrected chi connectivity index (χ1v) is 8.61. The predicted octanol–water partition coefficient (Wildman–Crippen LogP) is 2.73. The van der Waals surface area contributed by atoms with Gasteiger partial charge in [-0.15, -0.1) is 11.8 Å². The number of hydrogen-bond acceptors (Lipinski definition) is 4. The molecule has 5 nitrogen and oxygen atoms in total. The first-order chi connectivity index (χ1) is 11.8. The summed E-state index contributed by atoms with van der Waals surface area (Å²) >= 11 is 1.51. The van der Waals surface area contributed by atoms with E-state index in [-0.39, 0.29) is 5.91 Å². The fraction of sp³-hybridized carbons (Fsp3) is 0.167. The highest BCUT2D eigenvalue weighted by molar-refractivity contribution is 8.00. The third-order valence-corrected chi connectivity index (χ3v) is 4.47. The molecule has 3 rings (SSSR count). The number of carbonyl (C=O) groups excluding carboxylic acids is 1. The van der Waals surface area contributed by atoms with Gasteiger partial charge in [-0.05, 0) is 23.3 Å². The Morgan fingerprint density at radius 1 is 1.00 bits per heavy atom. The van der Waals surface area contributed by atoms with Crippen molar-refractivity contribution in [2.75, 3.05) is 5.75 Å². The molecule has 0 aliphatic rings. The zero-order chi connectivity index (χ0) is 16.6. The minimum atomic E-state index is 0.0271. The van der Waals surface area contributed by atoms with Crippen LogP contribution in [0.1, 0.15) is 11.1 Å². The Balaban J connectivity index is 1.43. The third-order valence-electron chi connectivity index (χ3n) is 3.46. The van der Waals surface area contributed by atoms with E-state index in [2.05, 4.69) is 27.4 Å². The summed E-state index contributed by atoms with van der Waals surface area (Å²) in [5.74, 6) is 0.433. The molecule has 122 valence electrons. The molecule has 1 aromatic carbocycles. The van der Waals surface area contributed by atoms with Crippen LogP contribution < -0.4 is 5.32 Å². The number of hydrogen-bond donors (Lipinski definition) is 1. The standard InChI is InChI=1S/C18H18N4OS/c23-18(13-24-17-5-7-19-8-6-17)21-11-15-1-3-16(4-2-15)12-22-10-9-20-14-22/h1-10,14H,11-13H2,(H,21,23). The van der Waals surface area contributed by atoms with E-state index in [9.17, 15) is 4.79 Å². The van der Waals surface area contributed by atoms with Crippen LogP contribution >= 0.6 is 11.8 Å².